The molecule has 5 aliphatic carbocycles. The van der Waals surface area contributed by atoms with Gasteiger partial charge < -0.3 is 20.4 Å². The number of phenols is 4. The Balaban J connectivity index is 1.26. The first-order valence-electron chi connectivity index (χ1n) is 20.8. The van der Waals surface area contributed by atoms with E-state index in [0.717, 1.165) is 95.9 Å². The zero-order valence-corrected chi connectivity index (χ0v) is 30.9. The number of phenolic OH excluding ortho intramolecular Hbond substituents is 4. The topological polar surface area (TPSA) is 80.9 Å². The molecule has 0 atom stereocenters. The molecule has 4 aromatic carbocycles. The second-order valence-electron chi connectivity index (χ2n) is 17.4. The molecule has 4 nitrogen and oxygen atoms in total. The number of benzene rings is 4. The van der Waals surface area contributed by atoms with Gasteiger partial charge in [-0.1, -0.05) is 99.9 Å². The van der Waals surface area contributed by atoms with Gasteiger partial charge in [-0.25, -0.2) is 0 Å². The Hall–Kier alpha value is -3.92. The fraction of sp³-hybridized carbons (Fsp3) is 0.500. The van der Waals surface area contributed by atoms with Crippen LogP contribution in [0.25, 0.3) is 0 Å². The van der Waals surface area contributed by atoms with Crippen LogP contribution in [-0.2, 0) is 25.7 Å². The molecule has 4 aromatic rings. The first-order chi connectivity index (χ1) is 25.4. The van der Waals surface area contributed by atoms with E-state index in [-0.39, 0.29) is 23.0 Å². The summed E-state index contributed by atoms with van der Waals surface area (Å²) in [5.41, 5.74) is 12.0. The van der Waals surface area contributed by atoms with Crippen molar-refractivity contribution in [3.8, 4) is 23.0 Å². The van der Waals surface area contributed by atoms with E-state index in [9.17, 15) is 20.4 Å². The highest BCUT2D eigenvalue weighted by Gasteiger charge is 2.28. The average Bonchev–Trinajstić information content (AvgIpc) is 3.99. The van der Waals surface area contributed by atoms with Crippen molar-refractivity contribution >= 4 is 0 Å². The third-order valence-electron chi connectivity index (χ3n) is 14.0. The fourth-order valence-corrected chi connectivity index (χ4v) is 11.0. The molecule has 0 unspecified atom stereocenters. The Morgan fingerprint density at radius 3 is 0.577 bits per heavy atom. The number of aromatic hydroxyl groups is 4. The predicted molar refractivity (Wildman–Crippen MR) is 208 cm³/mol. The van der Waals surface area contributed by atoms with Gasteiger partial charge in [0, 0.05) is 25.7 Å². The molecular formula is C48H56O4. The summed E-state index contributed by atoms with van der Waals surface area (Å²) in [5, 5.41) is 48.4. The molecule has 0 saturated heterocycles. The Morgan fingerprint density at radius 1 is 0.269 bits per heavy atom. The molecular weight excluding hydrogens is 641 g/mol. The Kier molecular flexibility index (Phi) is 9.21. The molecule has 4 saturated carbocycles. The van der Waals surface area contributed by atoms with Crippen LogP contribution in [0, 0.1) is 0 Å². The van der Waals surface area contributed by atoms with Crippen LogP contribution >= 0.6 is 0 Å². The second-order valence-corrected chi connectivity index (χ2v) is 17.4. The molecule has 272 valence electrons. The molecule has 52 heavy (non-hydrogen) atoms. The van der Waals surface area contributed by atoms with Gasteiger partial charge in [0.05, 0.1) is 0 Å². The molecule has 0 amide bonds. The van der Waals surface area contributed by atoms with E-state index in [0.29, 0.717) is 49.4 Å². The van der Waals surface area contributed by atoms with E-state index in [2.05, 4.69) is 48.5 Å². The lowest BCUT2D eigenvalue weighted by Gasteiger charge is -2.23. The van der Waals surface area contributed by atoms with Crippen molar-refractivity contribution in [2.75, 3.05) is 0 Å². The standard InChI is InChI=1S/C48H56O4/c49-45-37-17-33(29-9-1-2-10-29)18-38(45)26-40-20-35(31-13-5-6-14-31)22-42(47(40)51)28-44-24-36(32-15-7-8-16-32)23-43(48(44)52)27-41-21-34(30-11-3-4-12-30)19-39(25-37)46(41)50/h17-24,29-32,49-52H,1-16,25-28H2. The minimum atomic E-state index is 0.289. The lowest BCUT2D eigenvalue weighted by molar-refractivity contribution is 0.449. The van der Waals surface area contributed by atoms with Gasteiger partial charge in [0.15, 0.2) is 0 Å². The van der Waals surface area contributed by atoms with Crippen LogP contribution in [0.2, 0.25) is 0 Å². The van der Waals surface area contributed by atoms with Crippen molar-refractivity contribution in [3.63, 3.8) is 0 Å². The fourth-order valence-electron chi connectivity index (χ4n) is 11.0. The van der Waals surface area contributed by atoms with Gasteiger partial charge in [0.1, 0.15) is 23.0 Å². The monoisotopic (exact) mass is 696 g/mol. The minimum absolute atomic E-state index is 0.289. The highest BCUT2D eigenvalue weighted by Crippen LogP contribution is 2.46. The Labute approximate surface area is 310 Å². The van der Waals surface area contributed by atoms with Crippen molar-refractivity contribution in [2.45, 2.75) is 152 Å². The van der Waals surface area contributed by atoms with Gasteiger partial charge in [-0.2, -0.15) is 0 Å². The quantitative estimate of drug-likeness (QED) is 0.151. The van der Waals surface area contributed by atoms with Crippen molar-refractivity contribution in [2.24, 2.45) is 0 Å². The van der Waals surface area contributed by atoms with Gasteiger partial charge in [0.25, 0.3) is 0 Å². The van der Waals surface area contributed by atoms with Crippen LogP contribution in [0.4, 0.5) is 0 Å². The first-order valence-corrected chi connectivity index (χ1v) is 20.8. The van der Waals surface area contributed by atoms with E-state index < -0.39 is 0 Å². The minimum Gasteiger partial charge on any atom is -0.507 e. The molecule has 4 fully saturated rings. The molecule has 0 spiro atoms. The molecule has 5 aliphatic rings. The summed E-state index contributed by atoms with van der Waals surface area (Å²) < 4.78 is 0. The van der Waals surface area contributed by atoms with Crippen molar-refractivity contribution in [3.05, 3.63) is 115 Å². The van der Waals surface area contributed by atoms with E-state index >= 15 is 0 Å². The average molecular weight is 697 g/mol. The van der Waals surface area contributed by atoms with E-state index in [1.165, 1.54) is 73.6 Å². The third-order valence-corrected chi connectivity index (χ3v) is 14.0. The number of rotatable bonds is 4. The summed E-state index contributed by atoms with van der Waals surface area (Å²) >= 11 is 0. The van der Waals surface area contributed by atoms with Crippen molar-refractivity contribution in [1.29, 1.82) is 0 Å². The maximum atomic E-state index is 12.1. The van der Waals surface area contributed by atoms with E-state index in [1.807, 2.05) is 0 Å². The molecule has 0 aromatic heterocycles. The molecule has 8 bridgehead atoms. The molecule has 4 heteroatoms. The Morgan fingerprint density at radius 2 is 0.423 bits per heavy atom. The SMILES string of the molecule is Oc1c2cc(C3CCCC3)cc1Cc1cc(C3CCCC3)cc(c1O)Cc1cc(C3CCCC3)cc(c1O)Cc1cc(C3CCCC3)cc(c1O)C2. The van der Waals surface area contributed by atoms with E-state index in [1.54, 1.807) is 0 Å². The zero-order valence-electron chi connectivity index (χ0n) is 30.9. The van der Waals surface area contributed by atoms with Crippen LogP contribution in [0.3, 0.4) is 0 Å². The summed E-state index contributed by atoms with van der Waals surface area (Å²) in [5.74, 6) is 3.02. The molecule has 0 radical (unpaired) electrons. The van der Waals surface area contributed by atoms with Gasteiger partial charge in [-0.15, -0.1) is 0 Å². The summed E-state index contributed by atoms with van der Waals surface area (Å²) in [6.45, 7) is 0. The number of hydrogen-bond acceptors (Lipinski definition) is 4. The third kappa shape index (κ3) is 6.49. The maximum Gasteiger partial charge on any atom is 0.122 e. The van der Waals surface area contributed by atoms with Crippen LogP contribution in [0.5, 0.6) is 23.0 Å². The smallest absolute Gasteiger partial charge is 0.122 e. The van der Waals surface area contributed by atoms with Crippen LogP contribution in [-0.4, -0.2) is 20.4 Å². The van der Waals surface area contributed by atoms with Crippen LogP contribution in [0.1, 0.15) is 193 Å². The highest BCUT2D eigenvalue weighted by atomic mass is 16.3. The zero-order chi connectivity index (χ0) is 35.3. The van der Waals surface area contributed by atoms with Gasteiger partial charge in [-0.3, -0.25) is 0 Å². The summed E-state index contributed by atoms with van der Waals surface area (Å²) in [7, 11) is 0. The molecule has 4 N–H and O–H groups in total. The normalized spacial score (nSPS) is 20.3. The molecule has 0 aliphatic heterocycles. The predicted octanol–water partition coefficient (Wildman–Crippen LogP) is 11.8. The molecule has 0 heterocycles. The second kappa shape index (κ2) is 14.1. The summed E-state index contributed by atoms with van der Waals surface area (Å²) in [6.07, 6.45) is 20.9. The summed E-state index contributed by atoms with van der Waals surface area (Å²) in [4.78, 5) is 0. The van der Waals surface area contributed by atoms with Crippen molar-refractivity contribution in [1.82, 2.24) is 0 Å². The highest BCUT2D eigenvalue weighted by molar-refractivity contribution is 5.58. The van der Waals surface area contributed by atoms with Gasteiger partial charge in [-0.05, 0) is 142 Å². The maximum absolute atomic E-state index is 12.1. The summed E-state index contributed by atoms with van der Waals surface area (Å²) in [6, 6.07) is 17.7. The van der Waals surface area contributed by atoms with Crippen LogP contribution in [0.15, 0.2) is 48.5 Å². The lowest BCUT2D eigenvalue weighted by Crippen LogP contribution is -2.06. The number of fused-ring (bicyclic) bond motifs is 8. The number of hydrogen-bond donors (Lipinski definition) is 4. The lowest BCUT2D eigenvalue weighted by atomic mass is 9.84. The molecule has 9 rings (SSSR count). The van der Waals surface area contributed by atoms with Gasteiger partial charge in [0.2, 0.25) is 0 Å². The van der Waals surface area contributed by atoms with Crippen molar-refractivity contribution < 1.29 is 20.4 Å². The van der Waals surface area contributed by atoms with Gasteiger partial charge >= 0.3 is 0 Å². The van der Waals surface area contributed by atoms with E-state index in [4.69, 9.17) is 0 Å². The largest absolute Gasteiger partial charge is 0.507 e. The Bertz CT molecular complexity index is 1590. The first kappa shape index (κ1) is 33.9. The van der Waals surface area contributed by atoms with Crippen LogP contribution < -0.4 is 0 Å².